The molecule has 0 atom stereocenters. The fraction of sp³-hybridized carbons (Fsp3) is 0.727. The predicted molar refractivity (Wildman–Crippen MR) is 68.7 cm³/mol. The van der Waals surface area contributed by atoms with Crippen LogP contribution in [0.4, 0.5) is 0 Å². The molecular formula is C11H18N2S2. The zero-order valence-corrected chi connectivity index (χ0v) is 11.0. The van der Waals surface area contributed by atoms with Crippen molar-refractivity contribution in [1.29, 1.82) is 0 Å². The summed E-state index contributed by atoms with van der Waals surface area (Å²) in [6, 6.07) is 0. The maximum absolute atomic E-state index is 4.45. The molecule has 4 heteroatoms. The van der Waals surface area contributed by atoms with Crippen LogP contribution in [0.5, 0.6) is 0 Å². The van der Waals surface area contributed by atoms with Gasteiger partial charge >= 0.3 is 0 Å². The molecule has 15 heavy (non-hydrogen) atoms. The van der Waals surface area contributed by atoms with Gasteiger partial charge in [0.2, 0.25) is 0 Å². The molecule has 1 saturated carbocycles. The molecule has 0 bridgehead atoms. The molecule has 0 radical (unpaired) electrons. The van der Waals surface area contributed by atoms with Gasteiger partial charge in [-0.05, 0) is 26.0 Å². The molecule has 0 amide bonds. The molecule has 1 aliphatic rings. The summed E-state index contributed by atoms with van der Waals surface area (Å²) < 4.78 is 0.533. The van der Waals surface area contributed by atoms with Crippen molar-refractivity contribution in [3.05, 3.63) is 16.1 Å². The number of thiazole rings is 1. The number of aryl methyl sites for hydroxylation is 1. The first-order valence-corrected chi connectivity index (χ1v) is 7.51. The molecule has 0 unspecified atom stereocenters. The fourth-order valence-corrected chi connectivity index (χ4v) is 3.49. The van der Waals surface area contributed by atoms with E-state index in [9.17, 15) is 0 Å². The van der Waals surface area contributed by atoms with Crippen LogP contribution in [0.15, 0.2) is 5.38 Å². The van der Waals surface area contributed by atoms with Gasteiger partial charge in [0, 0.05) is 23.2 Å². The van der Waals surface area contributed by atoms with Crippen LogP contribution in [0.3, 0.4) is 0 Å². The van der Waals surface area contributed by atoms with E-state index in [1.54, 1.807) is 11.3 Å². The standard InChI is InChI=1S/C11H18N2S2/c1-9-13-10(7-15-9)6-12-8-11(14-2)4-3-5-11/h7,12H,3-6,8H2,1-2H3. The molecule has 84 valence electrons. The van der Waals surface area contributed by atoms with Crippen LogP contribution >= 0.6 is 23.1 Å². The lowest BCUT2D eigenvalue weighted by atomic mass is 9.84. The lowest BCUT2D eigenvalue weighted by molar-refractivity contribution is 0.345. The Bertz CT molecular complexity index is 313. The molecule has 0 aromatic carbocycles. The summed E-state index contributed by atoms with van der Waals surface area (Å²) in [5.74, 6) is 0. The minimum absolute atomic E-state index is 0.533. The van der Waals surface area contributed by atoms with Crippen molar-refractivity contribution >= 4 is 23.1 Å². The Morgan fingerprint density at radius 2 is 2.40 bits per heavy atom. The lowest BCUT2D eigenvalue weighted by Gasteiger charge is -2.40. The van der Waals surface area contributed by atoms with Crippen LogP contribution in [0.25, 0.3) is 0 Å². The molecule has 0 aliphatic heterocycles. The van der Waals surface area contributed by atoms with Gasteiger partial charge in [0.15, 0.2) is 0 Å². The zero-order chi connectivity index (χ0) is 10.7. The van der Waals surface area contributed by atoms with Crippen molar-refractivity contribution in [2.24, 2.45) is 0 Å². The van der Waals surface area contributed by atoms with E-state index in [1.165, 1.54) is 25.0 Å². The average molecular weight is 242 g/mol. The first-order chi connectivity index (χ1) is 7.24. The third-order valence-corrected chi connectivity index (χ3v) is 5.36. The zero-order valence-electron chi connectivity index (χ0n) is 9.38. The minimum Gasteiger partial charge on any atom is -0.310 e. The van der Waals surface area contributed by atoms with Crippen molar-refractivity contribution < 1.29 is 0 Å². The number of nitrogens with one attached hydrogen (secondary N) is 1. The first-order valence-electron chi connectivity index (χ1n) is 5.41. The van der Waals surface area contributed by atoms with Crippen LogP contribution in [0.1, 0.15) is 30.0 Å². The van der Waals surface area contributed by atoms with Gasteiger partial charge < -0.3 is 5.32 Å². The van der Waals surface area contributed by atoms with E-state index >= 15 is 0 Å². The summed E-state index contributed by atoms with van der Waals surface area (Å²) in [5, 5.41) is 6.84. The largest absolute Gasteiger partial charge is 0.310 e. The van der Waals surface area contributed by atoms with Crippen LogP contribution in [-0.4, -0.2) is 22.5 Å². The van der Waals surface area contributed by atoms with Gasteiger partial charge in [-0.15, -0.1) is 11.3 Å². The van der Waals surface area contributed by atoms with E-state index in [1.807, 2.05) is 11.8 Å². The summed E-state index contributed by atoms with van der Waals surface area (Å²) >= 11 is 3.75. The lowest BCUT2D eigenvalue weighted by Crippen LogP contribution is -2.43. The molecule has 2 rings (SSSR count). The number of hydrogen-bond acceptors (Lipinski definition) is 4. The third kappa shape index (κ3) is 2.74. The van der Waals surface area contributed by atoms with E-state index in [0.29, 0.717) is 4.75 Å². The second-order valence-corrected chi connectivity index (χ2v) is 6.54. The molecule has 1 heterocycles. The monoisotopic (exact) mass is 242 g/mol. The van der Waals surface area contributed by atoms with E-state index < -0.39 is 0 Å². The highest BCUT2D eigenvalue weighted by Crippen LogP contribution is 2.42. The Labute approximate surface area is 99.9 Å². The number of thioether (sulfide) groups is 1. The summed E-state index contributed by atoms with van der Waals surface area (Å²) in [6.07, 6.45) is 6.38. The van der Waals surface area contributed by atoms with Gasteiger partial charge in [-0.1, -0.05) is 6.42 Å². The number of hydrogen-bond donors (Lipinski definition) is 1. The summed E-state index contributed by atoms with van der Waals surface area (Å²) in [6.45, 7) is 4.11. The quantitative estimate of drug-likeness (QED) is 0.859. The first kappa shape index (κ1) is 11.4. The maximum atomic E-state index is 4.45. The molecule has 0 saturated heterocycles. The average Bonchev–Trinajstić information content (AvgIpc) is 2.56. The molecule has 1 aliphatic carbocycles. The SMILES string of the molecule is CSC1(CNCc2csc(C)n2)CCC1. The maximum Gasteiger partial charge on any atom is 0.0897 e. The van der Waals surface area contributed by atoms with E-state index in [2.05, 4.69) is 28.9 Å². The van der Waals surface area contributed by atoms with Gasteiger partial charge in [0.05, 0.1) is 10.7 Å². The molecule has 0 spiro atoms. The van der Waals surface area contributed by atoms with Gasteiger partial charge in [0.25, 0.3) is 0 Å². The highest BCUT2D eigenvalue weighted by Gasteiger charge is 2.35. The van der Waals surface area contributed by atoms with Crippen molar-refractivity contribution in [3.8, 4) is 0 Å². The molecular weight excluding hydrogens is 224 g/mol. The predicted octanol–water partition coefficient (Wildman–Crippen LogP) is 2.83. The second-order valence-electron chi connectivity index (χ2n) is 4.20. The third-order valence-electron chi connectivity index (χ3n) is 3.12. The number of nitrogens with zero attached hydrogens (tertiary/aromatic N) is 1. The van der Waals surface area contributed by atoms with Crippen LogP contribution in [-0.2, 0) is 6.54 Å². The van der Waals surface area contributed by atoms with Crippen molar-refractivity contribution in [3.63, 3.8) is 0 Å². The Morgan fingerprint density at radius 3 is 2.87 bits per heavy atom. The molecule has 1 aromatic heterocycles. The molecule has 2 nitrogen and oxygen atoms in total. The van der Waals surface area contributed by atoms with Crippen LogP contribution in [0.2, 0.25) is 0 Å². The van der Waals surface area contributed by atoms with Crippen molar-refractivity contribution in [2.45, 2.75) is 37.5 Å². The Balaban J connectivity index is 1.74. The highest BCUT2D eigenvalue weighted by atomic mass is 32.2. The minimum atomic E-state index is 0.533. The van der Waals surface area contributed by atoms with Crippen LogP contribution in [0, 0.1) is 6.92 Å². The van der Waals surface area contributed by atoms with Crippen molar-refractivity contribution in [1.82, 2.24) is 10.3 Å². The summed E-state index contributed by atoms with van der Waals surface area (Å²) in [5.41, 5.74) is 1.19. The fourth-order valence-electron chi connectivity index (χ4n) is 1.93. The Morgan fingerprint density at radius 1 is 1.60 bits per heavy atom. The Kier molecular flexibility index (Phi) is 3.69. The summed E-state index contributed by atoms with van der Waals surface area (Å²) in [7, 11) is 0. The van der Waals surface area contributed by atoms with Crippen molar-refractivity contribution in [2.75, 3.05) is 12.8 Å². The topological polar surface area (TPSA) is 24.9 Å². The Hall–Kier alpha value is -0.0600. The van der Waals surface area contributed by atoms with Gasteiger partial charge in [-0.3, -0.25) is 0 Å². The number of aromatic nitrogens is 1. The highest BCUT2D eigenvalue weighted by molar-refractivity contribution is 8.00. The van der Waals surface area contributed by atoms with Crippen LogP contribution < -0.4 is 5.32 Å². The normalized spacial score (nSPS) is 18.8. The molecule has 1 fully saturated rings. The number of rotatable bonds is 5. The summed E-state index contributed by atoms with van der Waals surface area (Å²) in [4.78, 5) is 4.45. The molecule has 1 aromatic rings. The van der Waals surface area contributed by atoms with E-state index in [0.717, 1.165) is 18.1 Å². The van der Waals surface area contributed by atoms with Gasteiger partial charge in [-0.25, -0.2) is 4.98 Å². The van der Waals surface area contributed by atoms with Gasteiger partial charge in [0.1, 0.15) is 0 Å². The van der Waals surface area contributed by atoms with E-state index in [-0.39, 0.29) is 0 Å². The molecule has 1 N–H and O–H groups in total. The van der Waals surface area contributed by atoms with E-state index in [4.69, 9.17) is 0 Å². The second kappa shape index (κ2) is 4.85. The smallest absolute Gasteiger partial charge is 0.0897 e. The van der Waals surface area contributed by atoms with Gasteiger partial charge in [-0.2, -0.15) is 11.8 Å².